The van der Waals surface area contributed by atoms with Gasteiger partial charge in [-0.05, 0) is 42.4 Å². The van der Waals surface area contributed by atoms with Crippen LogP contribution in [0.15, 0.2) is 27.6 Å². The highest BCUT2D eigenvalue weighted by Crippen LogP contribution is 2.27. The van der Waals surface area contributed by atoms with Crippen LogP contribution in [0.3, 0.4) is 0 Å². The highest BCUT2D eigenvalue weighted by molar-refractivity contribution is 8.00. The first kappa shape index (κ1) is 10.1. The Morgan fingerprint density at radius 2 is 2.27 bits per heavy atom. The molecule has 2 aromatic rings. The standard InChI is InChI=1S/C9H6N4S2/c1-6-11-9(15-13-6)14-8-4-2-3-7(5-10)12-8/h2-4H,1H3. The predicted molar refractivity (Wildman–Crippen MR) is 57.7 cm³/mol. The van der Waals surface area contributed by atoms with Gasteiger partial charge in [0.25, 0.3) is 0 Å². The minimum absolute atomic E-state index is 0.418. The molecule has 0 atom stereocenters. The Kier molecular flexibility index (Phi) is 2.94. The van der Waals surface area contributed by atoms with Gasteiger partial charge in [0, 0.05) is 0 Å². The fourth-order valence-corrected chi connectivity index (χ4v) is 2.53. The van der Waals surface area contributed by atoms with E-state index in [1.54, 1.807) is 6.07 Å². The normalized spacial score (nSPS) is 9.87. The lowest BCUT2D eigenvalue weighted by Gasteiger charge is -1.95. The van der Waals surface area contributed by atoms with Gasteiger partial charge >= 0.3 is 0 Å². The van der Waals surface area contributed by atoms with Crippen LogP contribution in [0.2, 0.25) is 0 Å². The molecule has 2 rings (SSSR count). The highest BCUT2D eigenvalue weighted by atomic mass is 32.2. The Morgan fingerprint density at radius 1 is 1.40 bits per heavy atom. The van der Waals surface area contributed by atoms with Gasteiger partial charge in [0.2, 0.25) is 0 Å². The molecule has 0 saturated heterocycles. The minimum Gasteiger partial charge on any atom is -0.230 e. The Labute approximate surface area is 95.2 Å². The second kappa shape index (κ2) is 4.38. The maximum absolute atomic E-state index is 8.69. The molecule has 0 radical (unpaired) electrons. The summed E-state index contributed by atoms with van der Waals surface area (Å²) in [6, 6.07) is 7.33. The molecule has 0 N–H and O–H groups in total. The van der Waals surface area contributed by atoms with E-state index in [2.05, 4.69) is 14.3 Å². The van der Waals surface area contributed by atoms with E-state index in [-0.39, 0.29) is 0 Å². The molecule has 2 heterocycles. The summed E-state index contributed by atoms with van der Waals surface area (Å²) in [4.78, 5) is 8.35. The SMILES string of the molecule is Cc1nsc(Sc2cccc(C#N)n2)n1. The summed E-state index contributed by atoms with van der Waals surface area (Å²) >= 11 is 2.76. The van der Waals surface area contributed by atoms with E-state index in [0.29, 0.717) is 5.69 Å². The number of aryl methyl sites for hydroxylation is 1. The molecule has 0 aliphatic rings. The molecule has 2 aromatic heterocycles. The van der Waals surface area contributed by atoms with E-state index in [1.807, 2.05) is 25.1 Å². The van der Waals surface area contributed by atoms with Gasteiger partial charge in [-0.25, -0.2) is 9.97 Å². The second-order valence-electron chi connectivity index (χ2n) is 2.68. The Hall–Kier alpha value is -1.45. The van der Waals surface area contributed by atoms with Crippen molar-refractivity contribution in [1.82, 2.24) is 14.3 Å². The maximum atomic E-state index is 8.69. The van der Waals surface area contributed by atoms with Crippen molar-refractivity contribution in [3.8, 4) is 6.07 Å². The molecule has 0 fully saturated rings. The Balaban J connectivity index is 2.21. The second-order valence-corrected chi connectivity index (χ2v) is 4.70. The quantitative estimate of drug-likeness (QED) is 0.797. The third-order valence-electron chi connectivity index (χ3n) is 1.54. The van der Waals surface area contributed by atoms with E-state index in [9.17, 15) is 0 Å². The van der Waals surface area contributed by atoms with Crippen molar-refractivity contribution in [2.75, 3.05) is 0 Å². The van der Waals surface area contributed by atoms with Crippen molar-refractivity contribution in [2.45, 2.75) is 16.3 Å². The largest absolute Gasteiger partial charge is 0.230 e. The summed E-state index contributed by atoms with van der Waals surface area (Å²) < 4.78 is 4.91. The average Bonchev–Trinajstić information content (AvgIpc) is 2.64. The molecular formula is C9H6N4S2. The van der Waals surface area contributed by atoms with Gasteiger partial charge in [-0.2, -0.15) is 9.64 Å². The highest BCUT2D eigenvalue weighted by Gasteiger charge is 2.04. The van der Waals surface area contributed by atoms with Crippen LogP contribution in [-0.2, 0) is 0 Å². The van der Waals surface area contributed by atoms with Crippen LogP contribution >= 0.6 is 23.3 Å². The van der Waals surface area contributed by atoms with E-state index >= 15 is 0 Å². The van der Waals surface area contributed by atoms with Gasteiger partial charge in [0.15, 0.2) is 4.34 Å². The van der Waals surface area contributed by atoms with Crippen LogP contribution in [0.4, 0.5) is 0 Å². The summed E-state index contributed by atoms with van der Waals surface area (Å²) in [5.41, 5.74) is 0.418. The molecule has 74 valence electrons. The number of nitriles is 1. The van der Waals surface area contributed by atoms with Gasteiger partial charge in [-0.15, -0.1) is 0 Å². The number of nitrogens with zero attached hydrogens (tertiary/aromatic N) is 4. The molecule has 15 heavy (non-hydrogen) atoms. The number of hydrogen-bond acceptors (Lipinski definition) is 6. The molecule has 6 heteroatoms. The number of rotatable bonds is 2. The zero-order valence-corrected chi connectivity index (χ0v) is 9.47. The van der Waals surface area contributed by atoms with E-state index in [0.717, 1.165) is 15.2 Å². The average molecular weight is 234 g/mol. The summed E-state index contributed by atoms with van der Waals surface area (Å²) in [5.74, 6) is 0.763. The molecule has 0 aliphatic carbocycles. The molecule has 0 saturated carbocycles. The van der Waals surface area contributed by atoms with Crippen LogP contribution < -0.4 is 0 Å². The van der Waals surface area contributed by atoms with Gasteiger partial charge < -0.3 is 0 Å². The van der Waals surface area contributed by atoms with Crippen molar-refractivity contribution in [3.05, 3.63) is 29.7 Å². The lowest BCUT2D eigenvalue weighted by atomic mass is 10.4. The molecule has 0 aromatic carbocycles. The predicted octanol–water partition coefficient (Wildman–Crippen LogP) is 2.26. The molecule has 4 nitrogen and oxygen atoms in total. The van der Waals surface area contributed by atoms with E-state index in [4.69, 9.17) is 5.26 Å². The molecule has 0 amide bonds. The van der Waals surface area contributed by atoms with Gasteiger partial charge in [-0.1, -0.05) is 6.07 Å². The van der Waals surface area contributed by atoms with Crippen molar-refractivity contribution in [3.63, 3.8) is 0 Å². The zero-order chi connectivity index (χ0) is 10.7. The van der Waals surface area contributed by atoms with E-state index < -0.39 is 0 Å². The van der Waals surface area contributed by atoms with Crippen LogP contribution in [0, 0.1) is 18.3 Å². The van der Waals surface area contributed by atoms with Crippen LogP contribution in [0.5, 0.6) is 0 Å². The number of pyridine rings is 1. The van der Waals surface area contributed by atoms with Gasteiger partial charge in [0.05, 0.1) is 0 Å². The maximum Gasteiger partial charge on any atom is 0.176 e. The molecule has 0 aliphatic heterocycles. The van der Waals surface area contributed by atoms with Crippen LogP contribution in [-0.4, -0.2) is 14.3 Å². The number of hydrogen-bond donors (Lipinski definition) is 0. The molecule has 0 unspecified atom stereocenters. The van der Waals surface area contributed by atoms with Crippen molar-refractivity contribution >= 4 is 23.3 Å². The summed E-state index contributed by atoms with van der Waals surface area (Å²) in [5, 5.41) is 9.45. The first-order chi connectivity index (χ1) is 7.28. The number of aromatic nitrogens is 3. The Morgan fingerprint density at radius 3 is 2.93 bits per heavy atom. The zero-order valence-electron chi connectivity index (χ0n) is 7.84. The van der Waals surface area contributed by atoms with Crippen LogP contribution in [0.1, 0.15) is 11.5 Å². The summed E-state index contributed by atoms with van der Waals surface area (Å²) in [6.45, 7) is 1.85. The van der Waals surface area contributed by atoms with Crippen molar-refractivity contribution in [1.29, 1.82) is 5.26 Å². The van der Waals surface area contributed by atoms with Crippen molar-refractivity contribution in [2.24, 2.45) is 0 Å². The lowest BCUT2D eigenvalue weighted by Crippen LogP contribution is -1.84. The fourth-order valence-electron chi connectivity index (χ4n) is 0.943. The fraction of sp³-hybridized carbons (Fsp3) is 0.111. The summed E-state index contributed by atoms with van der Waals surface area (Å²) in [6.07, 6.45) is 0. The third kappa shape index (κ3) is 2.52. The molecule has 0 spiro atoms. The Bertz CT molecular complexity index is 515. The lowest BCUT2D eigenvalue weighted by molar-refractivity contribution is 1.08. The van der Waals surface area contributed by atoms with Gasteiger partial charge in [0.1, 0.15) is 22.6 Å². The minimum atomic E-state index is 0.418. The molecule has 0 bridgehead atoms. The third-order valence-corrected chi connectivity index (χ3v) is 3.32. The molecular weight excluding hydrogens is 228 g/mol. The topological polar surface area (TPSA) is 62.5 Å². The van der Waals surface area contributed by atoms with Crippen LogP contribution in [0.25, 0.3) is 0 Å². The first-order valence-electron chi connectivity index (χ1n) is 4.13. The van der Waals surface area contributed by atoms with E-state index in [1.165, 1.54) is 23.3 Å². The summed E-state index contributed by atoms with van der Waals surface area (Å²) in [7, 11) is 0. The first-order valence-corrected chi connectivity index (χ1v) is 5.72. The monoisotopic (exact) mass is 234 g/mol. The smallest absolute Gasteiger partial charge is 0.176 e. The van der Waals surface area contributed by atoms with Gasteiger partial charge in [-0.3, -0.25) is 0 Å². The van der Waals surface area contributed by atoms with Crippen molar-refractivity contribution < 1.29 is 0 Å².